The Morgan fingerprint density at radius 3 is 2.20 bits per heavy atom. The second-order valence-corrected chi connectivity index (χ2v) is 6.49. The summed E-state index contributed by atoms with van der Waals surface area (Å²) in [4.78, 5) is 0. The summed E-state index contributed by atoms with van der Waals surface area (Å²) in [6.45, 7) is 12.9. The molecule has 0 spiro atoms. The van der Waals surface area contributed by atoms with Crippen LogP contribution in [0.25, 0.3) is 0 Å². The summed E-state index contributed by atoms with van der Waals surface area (Å²) in [6, 6.07) is 0. The van der Waals surface area contributed by atoms with E-state index >= 15 is 0 Å². The SMILES string of the molecule is CC.COCCCC[N+](C)(C)CC[N+]1(C)CCOCC1. The van der Waals surface area contributed by atoms with Gasteiger partial charge in [0, 0.05) is 13.7 Å². The highest BCUT2D eigenvalue weighted by molar-refractivity contribution is 4.47. The smallest absolute Gasteiger partial charge is 0.128 e. The van der Waals surface area contributed by atoms with Gasteiger partial charge in [-0.2, -0.15) is 0 Å². The van der Waals surface area contributed by atoms with Gasteiger partial charge in [-0.25, -0.2) is 0 Å². The highest BCUT2D eigenvalue weighted by atomic mass is 16.5. The molecule has 4 heteroatoms. The molecule has 1 aliphatic rings. The molecule has 0 aromatic heterocycles. The standard InChI is InChI=1S/C14H32N2O2.C2H6/c1-15(2,7-5-6-12-17-4)8-9-16(3)10-13-18-14-11-16;1-2/h5-14H2,1-4H3;1-2H3/q+2;. The Labute approximate surface area is 126 Å². The molecule has 0 bridgehead atoms. The molecule has 0 atom stereocenters. The lowest BCUT2D eigenvalue weighted by atomic mass is 10.2. The van der Waals surface area contributed by atoms with Gasteiger partial charge in [-0.05, 0) is 12.8 Å². The summed E-state index contributed by atoms with van der Waals surface area (Å²) in [6.07, 6.45) is 2.44. The molecule has 4 nitrogen and oxygen atoms in total. The molecule has 0 aromatic rings. The Morgan fingerprint density at radius 2 is 1.65 bits per heavy atom. The maximum absolute atomic E-state index is 5.45. The van der Waals surface area contributed by atoms with Gasteiger partial charge < -0.3 is 18.4 Å². The predicted molar refractivity (Wildman–Crippen MR) is 85.9 cm³/mol. The molecule has 0 radical (unpaired) electrons. The number of quaternary nitrogens is 2. The van der Waals surface area contributed by atoms with Gasteiger partial charge in [0.1, 0.15) is 26.2 Å². The third-order valence-electron chi connectivity index (χ3n) is 4.16. The molecule has 0 aromatic carbocycles. The van der Waals surface area contributed by atoms with Crippen LogP contribution in [0.15, 0.2) is 0 Å². The molecule has 1 heterocycles. The number of nitrogens with zero attached hydrogens (tertiary/aromatic N) is 2. The highest BCUT2D eigenvalue weighted by Crippen LogP contribution is 2.10. The fourth-order valence-electron chi connectivity index (χ4n) is 2.42. The van der Waals surface area contributed by atoms with Crippen molar-refractivity contribution in [1.82, 2.24) is 0 Å². The molecule has 20 heavy (non-hydrogen) atoms. The second-order valence-electron chi connectivity index (χ2n) is 6.49. The summed E-state index contributed by atoms with van der Waals surface area (Å²) in [5.74, 6) is 0. The molecule has 0 N–H and O–H groups in total. The minimum Gasteiger partial charge on any atom is -0.385 e. The molecule has 1 rings (SSSR count). The number of morpholine rings is 1. The summed E-state index contributed by atoms with van der Waals surface area (Å²) in [7, 11) is 8.84. The Bertz CT molecular complexity index is 227. The molecule has 1 saturated heterocycles. The minimum atomic E-state index is 0.894. The minimum absolute atomic E-state index is 0.894. The van der Waals surface area contributed by atoms with E-state index in [-0.39, 0.29) is 0 Å². The fraction of sp³-hybridized carbons (Fsp3) is 1.00. The quantitative estimate of drug-likeness (QED) is 0.503. The normalized spacial score (nSPS) is 18.3. The van der Waals surface area contributed by atoms with E-state index in [2.05, 4.69) is 21.1 Å². The van der Waals surface area contributed by atoms with E-state index in [0.29, 0.717) is 0 Å². The monoisotopic (exact) mass is 290 g/mol. The number of hydrogen-bond donors (Lipinski definition) is 0. The molecule has 1 fully saturated rings. The van der Waals surface area contributed by atoms with Crippen LogP contribution in [-0.2, 0) is 9.47 Å². The first-order chi connectivity index (χ1) is 9.47. The number of methoxy groups -OCH3 is 1. The lowest BCUT2D eigenvalue weighted by molar-refractivity contribution is -0.959. The first-order valence-corrected chi connectivity index (χ1v) is 8.20. The van der Waals surface area contributed by atoms with Crippen molar-refractivity contribution in [3.8, 4) is 0 Å². The number of rotatable bonds is 8. The van der Waals surface area contributed by atoms with Gasteiger partial charge in [0.15, 0.2) is 0 Å². The Balaban J connectivity index is 0.00000172. The van der Waals surface area contributed by atoms with Crippen molar-refractivity contribution in [1.29, 1.82) is 0 Å². The highest BCUT2D eigenvalue weighted by Gasteiger charge is 2.28. The molecule has 0 amide bonds. The number of likely N-dealkylation sites (N-methyl/N-ethyl adjacent to an activating group) is 2. The molecular weight excluding hydrogens is 252 g/mol. The second kappa shape index (κ2) is 10.6. The van der Waals surface area contributed by atoms with E-state index in [4.69, 9.17) is 9.47 Å². The van der Waals surface area contributed by atoms with Crippen LogP contribution in [0.2, 0.25) is 0 Å². The lowest BCUT2D eigenvalue weighted by Crippen LogP contribution is -2.57. The van der Waals surface area contributed by atoms with Crippen LogP contribution in [0.1, 0.15) is 26.7 Å². The van der Waals surface area contributed by atoms with Gasteiger partial charge >= 0.3 is 0 Å². The molecule has 122 valence electrons. The Kier molecular flexibility index (Phi) is 10.5. The molecule has 0 unspecified atom stereocenters. The van der Waals surface area contributed by atoms with Crippen LogP contribution in [-0.4, -0.2) is 89.8 Å². The maximum Gasteiger partial charge on any atom is 0.128 e. The zero-order valence-corrected chi connectivity index (χ0v) is 14.8. The van der Waals surface area contributed by atoms with Crippen molar-refractivity contribution in [2.45, 2.75) is 26.7 Å². The lowest BCUT2D eigenvalue weighted by Gasteiger charge is -2.40. The van der Waals surface area contributed by atoms with Crippen molar-refractivity contribution in [2.24, 2.45) is 0 Å². The Hall–Kier alpha value is -0.160. The van der Waals surface area contributed by atoms with Gasteiger partial charge in [-0.15, -0.1) is 0 Å². The van der Waals surface area contributed by atoms with Gasteiger partial charge in [0.05, 0.1) is 40.9 Å². The topological polar surface area (TPSA) is 18.5 Å². The molecular formula is C16H38N2O2+2. The largest absolute Gasteiger partial charge is 0.385 e. The maximum atomic E-state index is 5.45. The van der Waals surface area contributed by atoms with Crippen molar-refractivity contribution in [3.63, 3.8) is 0 Å². The van der Waals surface area contributed by atoms with Crippen LogP contribution in [0.5, 0.6) is 0 Å². The van der Waals surface area contributed by atoms with Crippen molar-refractivity contribution in [3.05, 3.63) is 0 Å². The number of hydrogen-bond acceptors (Lipinski definition) is 2. The van der Waals surface area contributed by atoms with Crippen LogP contribution >= 0.6 is 0 Å². The first-order valence-electron chi connectivity index (χ1n) is 8.20. The fourth-order valence-corrected chi connectivity index (χ4v) is 2.42. The molecule has 1 aliphatic heterocycles. The van der Waals surface area contributed by atoms with Crippen LogP contribution in [0.3, 0.4) is 0 Å². The third-order valence-corrected chi connectivity index (χ3v) is 4.16. The van der Waals surface area contributed by atoms with Gasteiger partial charge in [-0.1, -0.05) is 13.8 Å². The van der Waals surface area contributed by atoms with E-state index in [9.17, 15) is 0 Å². The summed E-state index contributed by atoms with van der Waals surface area (Å²) >= 11 is 0. The van der Waals surface area contributed by atoms with E-state index in [1.807, 2.05) is 13.8 Å². The third kappa shape index (κ3) is 8.90. The Morgan fingerprint density at radius 1 is 1.05 bits per heavy atom. The zero-order chi connectivity index (χ0) is 15.5. The summed E-state index contributed by atoms with van der Waals surface area (Å²) < 4.78 is 12.9. The van der Waals surface area contributed by atoms with Crippen molar-refractivity contribution >= 4 is 0 Å². The van der Waals surface area contributed by atoms with Gasteiger partial charge in [0.25, 0.3) is 0 Å². The van der Waals surface area contributed by atoms with Crippen LogP contribution < -0.4 is 0 Å². The average molecular weight is 290 g/mol. The van der Waals surface area contributed by atoms with Crippen molar-refractivity contribution in [2.75, 3.05) is 80.8 Å². The summed E-state index contributed by atoms with van der Waals surface area (Å²) in [5, 5.41) is 0. The van der Waals surface area contributed by atoms with Gasteiger partial charge in [-0.3, -0.25) is 0 Å². The van der Waals surface area contributed by atoms with E-state index in [0.717, 1.165) is 24.3 Å². The zero-order valence-electron chi connectivity index (χ0n) is 14.8. The van der Waals surface area contributed by atoms with Gasteiger partial charge in [0.2, 0.25) is 0 Å². The van der Waals surface area contributed by atoms with Crippen molar-refractivity contribution < 1.29 is 18.4 Å². The van der Waals surface area contributed by atoms with Crippen LogP contribution in [0.4, 0.5) is 0 Å². The number of ether oxygens (including phenoxy) is 2. The van der Waals surface area contributed by atoms with E-state index in [1.54, 1.807) is 7.11 Å². The van der Waals surface area contributed by atoms with Crippen LogP contribution in [0, 0.1) is 0 Å². The number of unbranched alkanes of at least 4 members (excludes halogenated alkanes) is 1. The average Bonchev–Trinajstić information content (AvgIpc) is 2.45. The first kappa shape index (κ1) is 19.8. The predicted octanol–water partition coefficient (Wildman–Crippen LogP) is 1.99. The van der Waals surface area contributed by atoms with E-state index < -0.39 is 0 Å². The molecule has 0 aliphatic carbocycles. The molecule has 0 saturated carbocycles. The summed E-state index contributed by atoms with van der Waals surface area (Å²) in [5.41, 5.74) is 0. The van der Waals surface area contributed by atoms with E-state index in [1.165, 1.54) is 50.0 Å².